The maximum absolute atomic E-state index is 11.9. The van der Waals surface area contributed by atoms with E-state index in [9.17, 15) is 4.79 Å². The molecular formula is C12H17N3OS. The van der Waals surface area contributed by atoms with Crippen molar-refractivity contribution in [3.63, 3.8) is 0 Å². The zero-order valence-electron chi connectivity index (χ0n) is 10.1. The van der Waals surface area contributed by atoms with Gasteiger partial charge in [-0.3, -0.25) is 4.79 Å². The molecule has 0 saturated heterocycles. The number of nitrogens with one attached hydrogen (secondary N) is 1. The van der Waals surface area contributed by atoms with Crippen LogP contribution < -0.4 is 5.32 Å². The van der Waals surface area contributed by atoms with Gasteiger partial charge in [0.15, 0.2) is 0 Å². The lowest BCUT2D eigenvalue weighted by atomic mass is 9.94. The molecule has 0 spiro atoms. The lowest BCUT2D eigenvalue weighted by molar-refractivity contribution is -0.120. The maximum Gasteiger partial charge on any atom is 0.229 e. The number of hydrogen-bond donors (Lipinski definition) is 1. The van der Waals surface area contributed by atoms with Crippen molar-refractivity contribution in [3.8, 4) is 0 Å². The van der Waals surface area contributed by atoms with Crippen LogP contribution in [0.4, 0.5) is 5.13 Å². The topological polar surface area (TPSA) is 54.9 Å². The summed E-state index contributed by atoms with van der Waals surface area (Å²) in [5, 5.41) is 12.5. The van der Waals surface area contributed by atoms with Crippen LogP contribution in [0.3, 0.4) is 0 Å². The van der Waals surface area contributed by atoms with E-state index >= 15 is 0 Å². The minimum absolute atomic E-state index is 0.0702. The molecule has 0 saturated carbocycles. The van der Waals surface area contributed by atoms with Crippen molar-refractivity contribution in [2.75, 3.05) is 5.32 Å². The van der Waals surface area contributed by atoms with Crippen LogP contribution in [0, 0.1) is 5.92 Å². The Morgan fingerprint density at radius 1 is 1.47 bits per heavy atom. The highest BCUT2D eigenvalue weighted by Gasteiger charge is 2.20. The third kappa shape index (κ3) is 3.12. The minimum Gasteiger partial charge on any atom is -0.300 e. The summed E-state index contributed by atoms with van der Waals surface area (Å²) in [6.07, 6.45) is 6.96. The zero-order valence-corrected chi connectivity index (χ0v) is 11.0. The monoisotopic (exact) mass is 251 g/mol. The van der Waals surface area contributed by atoms with Crippen LogP contribution in [0.15, 0.2) is 12.2 Å². The molecule has 5 heteroatoms. The fourth-order valence-corrected chi connectivity index (χ4v) is 2.51. The zero-order chi connectivity index (χ0) is 12.3. The third-order valence-corrected chi connectivity index (χ3v) is 3.94. The summed E-state index contributed by atoms with van der Waals surface area (Å²) in [4.78, 5) is 11.9. The molecule has 1 N–H and O–H groups in total. The molecule has 17 heavy (non-hydrogen) atoms. The van der Waals surface area contributed by atoms with Gasteiger partial charge in [0.05, 0.1) is 0 Å². The SMILES string of the molecule is CC(C)c1nnc(NC(=O)C2CC=CCC2)s1. The molecule has 0 radical (unpaired) electrons. The maximum atomic E-state index is 11.9. The van der Waals surface area contributed by atoms with Gasteiger partial charge < -0.3 is 5.32 Å². The van der Waals surface area contributed by atoms with E-state index in [0.717, 1.165) is 24.3 Å². The molecule has 1 aromatic heterocycles. The van der Waals surface area contributed by atoms with Gasteiger partial charge in [-0.15, -0.1) is 10.2 Å². The lowest BCUT2D eigenvalue weighted by Crippen LogP contribution is -2.23. The first-order chi connectivity index (χ1) is 8.16. The second-order valence-corrected chi connectivity index (χ2v) is 5.58. The van der Waals surface area contributed by atoms with Crippen molar-refractivity contribution in [1.82, 2.24) is 10.2 Å². The number of anilines is 1. The number of carbonyl (C=O) groups excluding carboxylic acids is 1. The Kier molecular flexibility index (Phi) is 3.89. The summed E-state index contributed by atoms with van der Waals surface area (Å²) in [5.41, 5.74) is 0. The first kappa shape index (κ1) is 12.2. The standard InChI is InChI=1S/C12H17N3OS/c1-8(2)11-14-15-12(17-11)13-10(16)9-6-4-3-5-7-9/h3-4,8-9H,5-7H2,1-2H3,(H,13,15,16). The molecule has 2 rings (SSSR count). The predicted molar refractivity (Wildman–Crippen MR) is 69.1 cm³/mol. The fraction of sp³-hybridized carbons (Fsp3) is 0.583. The van der Waals surface area contributed by atoms with Crippen molar-refractivity contribution in [1.29, 1.82) is 0 Å². The van der Waals surface area contributed by atoms with Gasteiger partial charge in [-0.2, -0.15) is 0 Å². The van der Waals surface area contributed by atoms with Gasteiger partial charge in [0.1, 0.15) is 5.01 Å². The van der Waals surface area contributed by atoms with Crippen LogP contribution in [-0.2, 0) is 4.79 Å². The average Bonchev–Trinajstić information content (AvgIpc) is 2.79. The largest absolute Gasteiger partial charge is 0.300 e. The third-order valence-electron chi connectivity index (χ3n) is 2.80. The minimum atomic E-state index is 0.0702. The van der Waals surface area contributed by atoms with Gasteiger partial charge in [-0.05, 0) is 19.3 Å². The molecule has 4 nitrogen and oxygen atoms in total. The first-order valence-corrected chi connectivity index (χ1v) is 6.77. The average molecular weight is 251 g/mol. The molecule has 1 aromatic rings. The molecule has 0 aliphatic heterocycles. The van der Waals surface area contributed by atoms with E-state index in [4.69, 9.17) is 0 Å². The van der Waals surface area contributed by atoms with Gasteiger partial charge in [0.25, 0.3) is 0 Å². The van der Waals surface area contributed by atoms with Crippen LogP contribution in [0.2, 0.25) is 0 Å². The summed E-state index contributed by atoms with van der Waals surface area (Å²) >= 11 is 1.46. The van der Waals surface area contributed by atoms with E-state index in [1.807, 2.05) is 0 Å². The normalized spacial score (nSPS) is 19.6. The molecule has 1 aliphatic carbocycles. The number of allylic oxidation sites excluding steroid dienone is 2. The summed E-state index contributed by atoms with van der Waals surface area (Å²) in [5.74, 6) is 0.517. The van der Waals surface area contributed by atoms with Gasteiger partial charge >= 0.3 is 0 Å². The molecule has 1 aliphatic rings. The van der Waals surface area contributed by atoms with Gasteiger partial charge in [-0.25, -0.2) is 0 Å². The van der Waals surface area contributed by atoms with Crippen LogP contribution >= 0.6 is 11.3 Å². The molecule has 0 fully saturated rings. The predicted octanol–water partition coefficient (Wildman–Crippen LogP) is 2.96. The number of amides is 1. The van der Waals surface area contributed by atoms with Crippen molar-refractivity contribution < 1.29 is 4.79 Å². The Balaban J connectivity index is 1.95. The summed E-state index contributed by atoms with van der Waals surface area (Å²) in [6.45, 7) is 4.14. The number of rotatable bonds is 3. The smallest absolute Gasteiger partial charge is 0.229 e. The molecule has 1 atom stereocenters. The molecular weight excluding hydrogens is 234 g/mol. The van der Waals surface area contributed by atoms with Crippen molar-refractivity contribution in [2.45, 2.75) is 39.0 Å². The molecule has 0 aromatic carbocycles. The first-order valence-electron chi connectivity index (χ1n) is 5.96. The van der Waals surface area contributed by atoms with E-state index in [2.05, 4.69) is 41.5 Å². The van der Waals surface area contributed by atoms with E-state index in [1.54, 1.807) is 0 Å². The Labute approximate surface area is 105 Å². The highest BCUT2D eigenvalue weighted by Crippen LogP contribution is 2.24. The van der Waals surface area contributed by atoms with E-state index < -0.39 is 0 Å². The number of nitrogens with zero attached hydrogens (tertiary/aromatic N) is 2. The summed E-state index contributed by atoms with van der Waals surface area (Å²) in [6, 6.07) is 0. The molecule has 1 unspecified atom stereocenters. The number of hydrogen-bond acceptors (Lipinski definition) is 4. The number of carbonyl (C=O) groups is 1. The van der Waals surface area contributed by atoms with Crippen LogP contribution in [0.1, 0.15) is 44.0 Å². The van der Waals surface area contributed by atoms with E-state index in [-0.39, 0.29) is 11.8 Å². The van der Waals surface area contributed by atoms with Crippen molar-refractivity contribution >= 4 is 22.4 Å². The Bertz CT molecular complexity index is 425. The Hall–Kier alpha value is -1.23. The lowest BCUT2D eigenvalue weighted by Gasteiger charge is -2.15. The second-order valence-electron chi connectivity index (χ2n) is 4.57. The van der Waals surface area contributed by atoms with Crippen LogP contribution in [0.5, 0.6) is 0 Å². The molecule has 1 heterocycles. The number of aromatic nitrogens is 2. The second kappa shape index (κ2) is 5.40. The quantitative estimate of drug-likeness (QED) is 0.840. The van der Waals surface area contributed by atoms with Gasteiger partial charge in [0, 0.05) is 11.8 Å². The van der Waals surface area contributed by atoms with Crippen molar-refractivity contribution in [2.24, 2.45) is 5.92 Å². The summed E-state index contributed by atoms with van der Waals surface area (Å²) in [7, 11) is 0. The van der Waals surface area contributed by atoms with Gasteiger partial charge in [0.2, 0.25) is 11.0 Å². The van der Waals surface area contributed by atoms with E-state index in [0.29, 0.717) is 11.0 Å². The highest BCUT2D eigenvalue weighted by atomic mass is 32.1. The highest BCUT2D eigenvalue weighted by molar-refractivity contribution is 7.15. The summed E-state index contributed by atoms with van der Waals surface area (Å²) < 4.78 is 0. The van der Waals surface area contributed by atoms with Crippen LogP contribution in [0.25, 0.3) is 0 Å². The molecule has 1 amide bonds. The van der Waals surface area contributed by atoms with E-state index in [1.165, 1.54) is 11.3 Å². The Morgan fingerprint density at radius 2 is 2.29 bits per heavy atom. The van der Waals surface area contributed by atoms with Gasteiger partial charge in [-0.1, -0.05) is 37.3 Å². The fourth-order valence-electron chi connectivity index (χ4n) is 1.76. The van der Waals surface area contributed by atoms with Crippen LogP contribution in [-0.4, -0.2) is 16.1 Å². The Morgan fingerprint density at radius 3 is 2.88 bits per heavy atom. The molecule has 0 bridgehead atoms. The molecule has 92 valence electrons. The van der Waals surface area contributed by atoms with Crippen molar-refractivity contribution in [3.05, 3.63) is 17.2 Å².